The first kappa shape index (κ1) is 9.56. The molecule has 3 heteroatoms. The van der Waals surface area contributed by atoms with Crippen LogP contribution in [0.1, 0.15) is 0 Å². The molecule has 8 heavy (non-hydrogen) atoms. The van der Waals surface area contributed by atoms with Gasteiger partial charge in [-0.3, -0.25) is 0 Å². The van der Waals surface area contributed by atoms with Gasteiger partial charge >= 0.3 is 51.4 Å². The van der Waals surface area contributed by atoms with Gasteiger partial charge in [-0.2, -0.15) is 0 Å². The minimum absolute atomic E-state index is 0. The van der Waals surface area contributed by atoms with Gasteiger partial charge in [0.1, 0.15) is 0 Å². The molecule has 1 aliphatic rings. The quantitative estimate of drug-likeness (QED) is 0.429. The molecule has 0 amide bonds. The second kappa shape index (κ2) is 5.35. The van der Waals surface area contributed by atoms with Crippen LogP contribution in [-0.4, -0.2) is 89.5 Å². The van der Waals surface area contributed by atoms with Crippen LogP contribution in [0.4, 0.5) is 0 Å². The second-order valence-electron chi connectivity index (χ2n) is 2.05. The normalized spacial score (nSPS) is 22.1. The topological polar surface area (TPSA) is 15.3 Å². The van der Waals surface area contributed by atoms with Crippen molar-refractivity contribution >= 4 is 51.4 Å². The van der Waals surface area contributed by atoms with E-state index < -0.39 is 0 Å². The summed E-state index contributed by atoms with van der Waals surface area (Å²) < 4.78 is 0. The number of nitrogens with zero attached hydrogens (tertiary/aromatic N) is 1. The molecule has 0 aromatic heterocycles. The number of hydrogen-bond donors (Lipinski definition) is 1. The Morgan fingerprint density at radius 3 is 2.00 bits per heavy atom. The van der Waals surface area contributed by atoms with Crippen molar-refractivity contribution in [1.29, 1.82) is 0 Å². The van der Waals surface area contributed by atoms with E-state index in [0.717, 1.165) is 13.1 Å². The van der Waals surface area contributed by atoms with Crippen LogP contribution in [0.5, 0.6) is 0 Å². The SMILES string of the molecule is CN1CCNCC1.[KH]. The average molecular weight is 140 g/mol. The molecule has 0 saturated carbocycles. The summed E-state index contributed by atoms with van der Waals surface area (Å²) in [5.74, 6) is 0. The number of hydrogen-bond acceptors (Lipinski definition) is 2. The molecule has 1 saturated heterocycles. The third-order valence-electron chi connectivity index (χ3n) is 1.34. The Kier molecular flexibility index (Phi) is 6.39. The molecule has 2 nitrogen and oxygen atoms in total. The first-order chi connectivity index (χ1) is 3.39. The van der Waals surface area contributed by atoms with Crippen LogP contribution in [0.25, 0.3) is 0 Å². The summed E-state index contributed by atoms with van der Waals surface area (Å²) in [6, 6.07) is 0. The molecule has 0 bridgehead atoms. The van der Waals surface area contributed by atoms with Gasteiger partial charge in [0.05, 0.1) is 0 Å². The number of piperazine rings is 1. The molecule has 0 radical (unpaired) electrons. The van der Waals surface area contributed by atoms with Gasteiger partial charge in [-0.1, -0.05) is 0 Å². The first-order valence-electron chi connectivity index (χ1n) is 2.79. The molecule has 0 unspecified atom stereocenters. The average Bonchev–Trinajstić information content (AvgIpc) is 1.69. The maximum atomic E-state index is 3.27. The summed E-state index contributed by atoms with van der Waals surface area (Å²) in [5.41, 5.74) is 0. The van der Waals surface area contributed by atoms with Crippen molar-refractivity contribution < 1.29 is 0 Å². The summed E-state index contributed by atoms with van der Waals surface area (Å²) in [4.78, 5) is 2.33. The Bertz CT molecular complexity index is 52.4. The Morgan fingerprint density at radius 2 is 1.75 bits per heavy atom. The summed E-state index contributed by atoms with van der Waals surface area (Å²) >= 11 is 0. The zero-order chi connectivity index (χ0) is 5.11. The fraction of sp³-hybridized carbons (Fsp3) is 1.00. The standard InChI is InChI=1S/C5H12N2.K.H/c1-7-4-2-6-3-5-7;;/h6H,2-5H2,1H3;;. The molecule has 0 atom stereocenters. The van der Waals surface area contributed by atoms with Gasteiger partial charge in [-0.25, -0.2) is 0 Å². The Hall–Kier alpha value is 1.56. The van der Waals surface area contributed by atoms with Crippen LogP contribution in [0, 0.1) is 0 Å². The predicted octanol–water partition coefficient (Wildman–Crippen LogP) is -1.13. The van der Waals surface area contributed by atoms with Crippen molar-refractivity contribution in [2.75, 3.05) is 33.2 Å². The molecule has 1 rings (SSSR count). The van der Waals surface area contributed by atoms with Crippen molar-refractivity contribution in [2.24, 2.45) is 0 Å². The van der Waals surface area contributed by atoms with E-state index in [4.69, 9.17) is 0 Å². The Balaban J connectivity index is 0.000000490. The third kappa shape index (κ3) is 3.56. The van der Waals surface area contributed by atoms with Gasteiger partial charge in [-0.15, -0.1) is 0 Å². The third-order valence-corrected chi connectivity index (χ3v) is 1.34. The molecule has 0 aliphatic carbocycles. The Labute approximate surface area is 93.4 Å². The van der Waals surface area contributed by atoms with Gasteiger partial charge in [0.25, 0.3) is 0 Å². The van der Waals surface area contributed by atoms with E-state index in [1.807, 2.05) is 0 Å². The molecule has 1 fully saturated rings. The van der Waals surface area contributed by atoms with Gasteiger partial charge in [0.2, 0.25) is 0 Å². The number of nitrogens with one attached hydrogen (secondary N) is 1. The number of likely N-dealkylation sites (N-methyl/N-ethyl adjacent to an activating group) is 1. The van der Waals surface area contributed by atoms with Crippen molar-refractivity contribution in [1.82, 2.24) is 10.2 Å². The van der Waals surface area contributed by atoms with E-state index in [0.29, 0.717) is 0 Å². The molecular weight excluding hydrogens is 127 g/mol. The summed E-state index contributed by atoms with van der Waals surface area (Å²) in [6.07, 6.45) is 0. The molecule has 0 aromatic carbocycles. The van der Waals surface area contributed by atoms with E-state index in [2.05, 4.69) is 17.3 Å². The summed E-state index contributed by atoms with van der Waals surface area (Å²) in [7, 11) is 2.15. The zero-order valence-corrected chi connectivity index (χ0v) is 4.78. The van der Waals surface area contributed by atoms with Crippen LogP contribution in [0.3, 0.4) is 0 Å². The van der Waals surface area contributed by atoms with Crippen molar-refractivity contribution in [3.8, 4) is 0 Å². The van der Waals surface area contributed by atoms with Crippen LogP contribution in [-0.2, 0) is 0 Å². The summed E-state index contributed by atoms with van der Waals surface area (Å²) in [5, 5.41) is 3.27. The maximum absolute atomic E-state index is 3.27. The molecule has 44 valence electrons. The van der Waals surface area contributed by atoms with Gasteiger partial charge in [0, 0.05) is 26.2 Å². The number of rotatable bonds is 0. The van der Waals surface area contributed by atoms with E-state index in [1.165, 1.54) is 13.1 Å². The second-order valence-corrected chi connectivity index (χ2v) is 2.05. The van der Waals surface area contributed by atoms with Gasteiger partial charge in [-0.05, 0) is 7.05 Å². The predicted molar refractivity (Wildman–Crippen MR) is 37.5 cm³/mol. The molecule has 0 spiro atoms. The van der Waals surface area contributed by atoms with Crippen LogP contribution in [0.2, 0.25) is 0 Å². The van der Waals surface area contributed by atoms with Gasteiger partial charge in [0.15, 0.2) is 0 Å². The Morgan fingerprint density at radius 1 is 1.25 bits per heavy atom. The monoisotopic (exact) mass is 140 g/mol. The zero-order valence-electron chi connectivity index (χ0n) is 4.78. The summed E-state index contributed by atoms with van der Waals surface area (Å²) in [6.45, 7) is 4.74. The van der Waals surface area contributed by atoms with Crippen molar-refractivity contribution in [2.45, 2.75) is 0 Å². The molecule has 0 aromatic rings. The van der Waals surface area contributed by atoms with Crippen LogP contribution >= 0.6 is 0 Å². The van der Waals surface area contributed by atoms with E-state index >= 15 is 0 Å². The van der Waals surface area contributed by atoms with Gasteiger partial charge < -0.3 is 10.2 Å². The molecule has 1 heterocycles. The molecule has 1 aliphatic heterocycles. The molecular formula is C5H13KN2. The van der Waals surface area contributed by atoms with Crippen molar-refractivity contribution in [3.63, 3.8) is 0 Å². The van der Waals surface area contributed by atoms with Crippen molar-refractivity contribution in [3.05, 3.63) is 0 Å². The fourth-order valence-corrected chi connectivity index (χ4v) is 0.777. The van der Waals surface area contributed by atoms with E-state index in [9.17, 15) is 0 Å². The fourth-order valence-electron chi connectivity index (χ4n) is 0.777. The molecule has 1 N–H and O–H groups in total. The van der Waals surface area contributed by atoms with E-state index in [-0.39, 0.29) is 51.4 Å². The minimum atomic E-state index is 0. The van der Waals surface area contributed by atoms with E-state index in [1.54, 1.807) is 0 Å². The van der Waals surface area contributed by atoms with Crippen LogP contribution < -0.4 is 5.32 Å². The first-order valence-corrected chi connectivity index (χ1v) is 2.79. The van der Waals surface area contributed by atoms with Crippen LogP contribution in [0.15, 0.2) is 0 Å².